The second kappa shape index (κ2) is 16.4. The number of carboxylic acid groups (broad SMARTS) is 1. The van der Waals surface area contributed by atoms with Gasteiger partial charge in [0.15, 0.2) is 0 Å². The highest BCUT2D eigenvalue weighted by atomic mass is 16.6. The van der Waals surface area contributed by atoms with Crippen molar-refractivity contribution in [3.05, 3.63) is 0 Å². The van der Waals surface area contributed by atoms with E-state index in [1.54, 1.807) is 88.0 Å². The van der Waals surface area contributed by atoms with Crippen molar-refractivity contribution < 1.29 is 48.0 Å². The van der Waals surface area contributed by atoms with Gasteiger partial charge in [0.2, 0.25) is 0 Å². The van der Waals surface area contributed by atoms with E-state index < -0.39 is 57.9 Å². The van der Waals surface area contributed by atoms with Gasteiger partial charge < -0.3 is 24.1 Å². The maximum absolute atomic E-state index is 13.4. The molecular formula is C33H59N3O10. The number of ether oxygens (including phenoxy) is 4. The van der Waals surface area contributed by atoms with Crippen LogP contribution in [0.3, 0.4) is 0 Å². The molecule has 0 aromatic heterocycles. The summed E-state index contributed by atoms with van der Waals surface area (Å²) in [5, 5.41) is 9.33. The minimum Gasteiger partial charge on any atom is -0.481 e. The Morgan fingerprint density at radius 1 is 0.630 bits per heavy atom. The van der Waals surface area contributed by atoms with E-state index in [1.807, 2.05) is 9.80 Å². The van der Waals surface area contributed by atoms with Crippen LogP contribution in [0.4, 0.5) is 0 Å². The van der Waals surface area contributed by atoms with Crippen molar-refractivity contribution in [1.29, 1.82) is 0 Å². The number of rotatable bonds is 14. The van der Waals surface area contributed by atoms with E-state index in [0.717, 1.165) is 0 Å². The minimum atomic E-state index is -1.20. The summed E-state index contributed by atoms with van der Waals surface area (Å²) in [6.45, 7) is 20.9. The first kappa shape index (κ1) is 41.3. The van der Waals surface area contributed by atoms with Crippen LogP contribution < -0.4 is 0 Å². The minimum absolute atomic E-state index is 0.0683. The maximum atomic E-state index is 13.4. The zero-order chi connectivity index (χ0) is 35.7. The molecule has 13 nitrogen and oxygen atoms in total. The van der Waals surface area contributed by atoms with Crippen molar-refractivity contribution in [1.82, 2.24) is 14.7 Å². The first-order valence-electron chi connectivity index (χ1n) is 16.0. The van der Waals surface area contributed by atoms with E-state index in [4.69, 9.17) is 18.9 Å². The molecule has 1 rings (SSSR count). The Bertz CT molecular complexity index is 1040. The summed E-state index contributed by atoms with van der Waals surface area (Å²) in [5.41, 5.74) is -4.29. The van der Waals surface area contributed by atoms with Crippen molar-refractivity contribution in [3.8, 4) is 0 Å². The molecule has 1 unspecified atom stereocenters. The molecule has 1 atom stereocenters. The van der Waals surface area contributed by atoms with Gasteiger partial charge in [-0.05, 0) is 102 Å². The van der Waals surface area contributed by atoms with E-state index in [2.05, 4.69) is 0 Å². The Morgan fingerprint density at radius 2 is 1.04 bits per heavy atom. The number of hydrogen-bond acceptors (Lipinski definition) is 12. The van der Waals surface area contributed by atoms with Crippen LogP contribution in [0.2, 0.25) is 0 Å². The molecule has 0 spiro atoms. The Hall–Kier alpha value is -2.77. The smallest absolute Gasteiger partial charge is 0.320 e. The van der Waals surface area contributed by atoms with E-state index in [9.17, 15) is 29.1 Å². The van der Waals surface area contributed by atoms with Gasteiger partial charge in [0.1, 0.15) is 22.4 Å². The largest absolute Gasteiger partial charge is 0.481 e. The van der Waals surface area contributed by atoms with Gasteiger partial charge in [-0.2, -0.15) is 0 Å². The molecule has 0 amide bonds. The molecule has 13 heteroatoms. The molecule has 0 radical (unpaired) electrons. The van der Waals surface area contributed by atoms with Crippen LogP contribution in [0.1, 0.15) is 109 Å². The molecule has 1 saturated heterocycles. The third kappa shape index (κ3) is 16.7. The third-order valence-corrected chi connectivity index (χ3v) is 6.55. The summed E-state index contributed by atoms with van der Waals surface area (Å²) < 4.78 is 22.6. The number of carboxylic acids is 1. The average molecular weight is 658 g/mol. The second-order valence-corrected chi connectivity index (χ2v) is 15.9. The Balaban J connectivity index is 3.75. The number of carbonyl (C=O) groups excluding carboxylic acids is 4. The van der Waals surface area contributed by atoms with Crippen molar-refractivity contribution in [3.63, 3.8) is 0 Å². The lowest BCUT2D eigenvalue weighted by Crippen LogP contribution is -2.72. The van der Waals surface area contributed by atoms with Crippen LogP contribution in [-0.2, 0) is 42.9 Å². The molecule has 0 bridgehead atoms. The predicted molar refractivity (Wildman–Crippen MR) is 172 cm³/mol. The summed E-state index contributed by atoms with van der Waals surface area (Å²) >= 11 is 0. The first-order valence-corrected chi connectivity index (χ1v) is 16.0. The first-order chi connectivity index (χ1) is 20.7. The van der Waals surface area contributed by atoms with E-state index in [1.165, 1.54) is 0 Å². The molecule has 46 heavy (non-hydrogen) atoms. The molecule has 266 valence electrons. The Morgan fingerprint density at radius 3 is 1.46 bits per heavy atom. The molecule has 0 saturated carbocycles. The number of aliphatic carboxylic acids is 1. The highest BCUT2D eigenvalue weighted by Crippen LogP contribution is 2.33. The zero-order valence-corrected chi connectivity index (χ0v) is 30.2. The van der Waals surface area contributed by atoms with Crippen molar-refractivity contribution >= 4 is 29.8 Å². The van der Waals surface area contributed by atoms with Crippen LogP contribution in [0.5, 0.6) is 0 Å². The summed E-state index contributed by atoms with van der Waals surface area (Å²) in [6, 6.07) is 0. The number of piperazine rings is 1. The topological polar surface area (TPSA) is 152 Å². The summed E-state index contributed by atoms with van der Waals surface area (Å²) in [6.07, 6.45) is 0.883. The molecule has 1 aliphatic heterocycles. The van der Waals surface area contributed by atoms with Gasteiger partial charge in [0, 0.05) is 26.1 Å². The van der Waals surface area contributed by atoms with Crippen LogP contribution in [0.25, 0.3) is 0 Å². The van der Waals surface area contributed by atoms with Gasteiger partial charge >= 0.3 is 29.8 Å². The average Bonchev–Trinajstić information content (AvgIpc) is 2.77. The maximum Gasteiger partial charge on any atom is 0.320 e. The van der Waals surface area contributed by atoms with Gasteiger partial charge in [-0.15, -0.1) is 0 Å². The summed E-state index contributed by atoms with van der Waals surface area (Å²) in [5.74, 6) is -3.09. The number of hydrogen-bond donors (Lipinski definition) is 1. The fourth-order valence-corrected chi connectivity index (χ4v) is 5.24. The lowest BCUT2D eigenvalue weighted by Gasteiger charge is -2.55. The van der Waals surface area contributed by atoms with Crippen molar-refractivity contribution in [2.45, 2.75) is 137 Å². The number of esters is 4. The fraction of sp³-hybridized carbons (Fsp3) is 0.848. The summed E-state index contributed by atoms with van der Waals surface area (Å²) in [7, 11) is 0. The highest BCUT2D eigenvalue weighted by molar-refractivity contribution is 5.76. The van der Waals surface area contributed by atoms with E-state index in [0.29, 0.717) is 19.4 Å². The number of nitrogens with zero attached hydrogens (tertiary/aromatic N) is 3. The van der Waals surface area contributed by atoms with Gasteiger partial charge in [0.25, 0.3) is 0 Å². The Kier molecular flexibility index (Phi) is 14.7. The quantitative estimate of drug-likeness (QED) is 0.165. The fourth-order valence-electron chi connectivity index (χ4n) is 5.24. The van der Waals surface area contributed by atoms with Gasteiger partial charge in [0.05, 0.1) is 31.8 Å². The third-order valence-electron chi connectivity index (χ3n) is 6.55. The van der Waals surface area contributed by atoms with Gasteiger partial charge in [-0.25, -0.2) is 0 Å². The zero-order valence-electron chi connectivity index (χ0n) is 30.2. The van der Waals surface area contributed by atoms with Gasteiger partial charge in [-0.3, -0.25) is 38.7 Å². The molecule has 1 fully saturated rings. The molecule has 1 heterocycles. The predicted octanol–water partition coefficient (Wildman–Crippen LogP) is 3.61. The van der Waals surface area contributed by atoms with Crippen LogP contribution in [0.15, 0.2) is 0 Å². The SMILES string of the molecule is CC(C)(C)OC(=O)CN1CCN(CC(=O)OC(C)(C)C)C(CCCCC(=O)O)(N(CC(=O)OC(C)(C)C)CC(=O)OC(C)(C)C)C1. The monoisotopic (exact) mass is 657 g/mol. The molecule has 0 aromatic carbocycles. The van der Waals surface area contributed by atoms with Gasteiger partial charge in [-0.1, -0.05) is 0 Å². The number of carbonyl (C=O) groups is 5. The summed E-state index contributed by atoms with van der Waals surface area (Å²) in [4.78, 5) is 69.7. The van der Waals surface area contributed by atoms with Crippen LogP contribution in [-0.4, -0.2) is 124 Å². The van der Waals surface area contributed by atoms with Crippen molar-refractivity contribution in [2.75, 3.05) is 45.8 Å². The normalized spacial score (nSPS) is 18.6. The molecular weight excluding hydrogens is 598 g/mol. The number of unbranched alkanes of at least 4 members (excludes halogenated alkanes) is 1. The van der Waals surface area contributed by atoms with Crippen LogP contribution in [0, 0.1) is 0 Å². The highest BCUT2D eigenvalue weighted by Gasteiger charge is 2.49. The van der Waals surface area contributed by atoms with Crippen molar-refractivity contribution in [2.24, 2.45) is 0 Å². The molecule has 1 N–H and O–H groups in total. The lowest BCUT2D eigenvalue weighted by molar-refractivity contribution is -0.182. The lowest BCUT2D eigenvalue weighted by atomic mass is 9.93. The van der Waals surface area contributed by atoms with Crippen LogP contribution >= 0.6 is 0 Å². The van der Waals surface area contributed by atoms with E-state index in [-0.39, 0.29) is 52.1 Å². The standard InChI is InChI=1S/C33H59N3O10/c1-29(2,3)43-25(39)19-34-17-18-35(20-26(40)44-30(4,5)6)33(23-34,16-14-13-15-24(37)38)36(21-27(41)45-31(7,8)9)22-28(42)46-32(10,11)12/h13-23H2,1-12H3,(H,37,38). The van der Waals surface area contributed by atoms with E-state index >= 15 is 0 Å². The molecule has 1 aliphatic rings. The second-order valence-electron chi connectivity index (χ2n) is 15.9. The Labute approximate surface area is 275 Å². The molecule has 0 aliphatic carbocycles. The molecule has 0 aromatic rings.